The lowest BCUT2D eigenvalue weighted by molar-refractivity contribution is -0.0398. The van der Waals surface area contributed by atoms with Gasteiger partial charge >= 0.3 is 0 Å². The molecule has 5 nitrogen and oxygen atoms in total. The van der Waals surface area contributed by atoms with E-state index < -0.39 is 23.2 Å². The van der Waals surface area contributed by atoms with Crippen molar-refractivity contribution in [3.05, 3.63) is 22.8 Å². The van der Waals surface area contributed by atoms with Gasteiger partial charge in [-0.3, -0.25) is 4.79 Å². The summed E-state index contributed by atoms with van der Waals surface area (Å²) in [5.74, 6) is -1.53. The highest BCUT2D eigenvalue weighted by atomic mass is 16.3. The molecule has 0 radical (unpaired) electrons. The Morgan fingerprint density at radius 1 is 1.24 bits per heavy atom. The SMILES string of the molecule is CC(CO)c1cc(O)c2c(c1O)C(=O)C(O)C1C(C)(C)CCCC21C. The van der Waals surface area contributed by atoms with Crippen LogP contribution in [0, 0.1) is 11.3 Å². The smallest absolute Gasteiger partial charge is 0.195 e. The monoisotopic (exact) mass is 348 g/mol. The Bertz CT molecular complexity index is 723. The zero-order valence-corrected chi connectivity index (χ0v) is 15.3. The Balaban J connectivity index is 2.32. The standard InChI is InChI=1S/C20H28O5/c1-10(9-21)11-8-12(22)14-13(15(11)23)16(24)17(25)18-19(2,3)6-5-7-20(14,18)4/h8,10,17-18,21-23,25H,5-7,9H2,1-4H3. The van der Waals surface area contributed by atoms with Crippen molar-refractivity contribution in [2.24, 2.45) is 11.3 Å². The Morgan fingerprint density at radius 3 is 2.48 bits per heavy atom. The first kappa shape index (κ1) is 18.2. The summed E-state index contributed by atoms with van der Waals surface area (Å²) in [4.78, 5) is 13.0. The van der Waals surface area contributed by atoms with Gasteiger partial charge in [-0.1, -0.05) is 34.1 Å². The van der Waals surface area contributed by atoms with Crippen LogP contribution in [0.3, 0.4) is 0 Å². The van der Waals surface area contributed by atoms with Crippen LogP contribution >= 0.6 is 0 Å². The molecule has 1 aromatic rings. The minimum atomic E-state index is -1.21. The van der Waals surface area contributed by atoms with Gasteiger partial charge in [-0.15, -0.1) is 0 Å². The van der Waals surface area contributed by atoms with Crippen LogP contribution < -0.4 is 0 Å². The van der Waals surface area contributed by atoms with Crippen LogP contribution in [0.5, 0.6) is 11.5 Å². The summed E-state index contributed by atoms with van der Waals surface area (Å²) in [6, 6.07) is 1.46. The van der Waals surface area contributed by atoms with Crippen molar-refractivity contribution in [3.63, 3.8) is 0 Å². The molecule has 0 saturated heterocycles. The highest BCUT2D eigenvalue weighted by Gasteiger charge is 2.58. The fraction of sp³-hybridized carbons (Fsp3) is 0.650. The molecule has 0 bridgehead atoms. The third-order valence-corrected chi connectivity index (χ3v) is 6.56. The topological polar surface area (TPSA) is 98.0 Å². The molecule has 1 saturated carbocycles. The zero-order valence-electron chi connectivity index (χ0n) is 15.3. The fourth-order valence-corrected chi connectivity index (χ4v) is 5.41. The number of hydrogen-bond acceptors (Lipinski definition) is 5. The van der Waals surface area contributed by atoms with E-state index in [9.17, 15) is 25.2 Å². The molecular weight excluding hydrogens is 320 g/mol. The van der Waals surface area contributed by atoms with Crippen molar-refractivity contribution >= 4 is 5.78 Å². The van der Waals surface area contributed by atoms with E-state index >= 15 is 0 Å². The van der Waals surface area contributed by atoms with E-state index in [1.54, 1.807) is 6.92 Å². The van der Waals surface area contributed by atoms with Gasteiger partial charge < -0.3 is 20.4 Å². The van der Waals surface area contributed by atoms with Gasteiger partial charge in [0.2, 0.25) is 0 Å². The molecule has 4 N–H and O–H groups in total. The van der Waals surface area contributed by atoms with Crippen molar-refractivity contribution in [1.82, 2.24) is 0 Å². The number of aliphatic hydroxyl groups is 2. The molecule has 2 aliphatic rings. The van der Waals surface area contributed by atoms with Gasteiger partial charge in [-0.2, -0.15) is 0 Å². The van der Waals surface area contributed by atoms with Gasteiger partial charge in [0.05, 0.1) is 5.56 Å². The van der Waals surface area contributed by atoms with Crippen LogP contribution in [0.4, 0.5) is 0 Å². The molecule has 0 aliphatic heterocycles. The molecule has 0 heterocycles. The molecule has 3 rings (SSSR count). The number of aliphatic hydroxyl groups excluding tert-OH is 2. The summed E-state index contributed by atoms with van der Waals surface area (Å²) in [6.45, 7) is 7.57. The third-order valence-electron chi connectivity index (χ3n) is 6.56. The fourth-order valence-electron chi connectivity index (χ4n) is 5.41. The Hall–Kier alpha value is -1.59. The molecule has 4 unspecified atom stereocenters. The molecule has 4 atom stereocenters. The number of Topliss-reactive ketones (excluding diaryl/α,β-unsaturated/α-hetero) is 1. The normalized spacial score (nSPS) is 32.0. The van der Waals surface area contributed by atoms with Gasteiger partial charge in [0.15, 0.2) is 5.78 Å². The van der Waals surface area contributed by atoms with Crippen LogP contribution in [-0.4, -0.2) is 38.9 Å². The van der Waals surface area contributed by atoms with Gasteiger partial charge in [0.25, 0.3) is 0 Å². The van der Waals surface area contributed by atoms with Crippen molar-refractivity contribution < 1.29 is 25.2 Å². The molecule has 2 aliphatic carbocycles. The first-order valence-electron chi connectivity index (χ1n) is 8.98. The predicted molar refractivity (Wildman–Crippen MR) is 94.1 cm³/mol. The van der Waals surface area contributed by atoms with Crippen LogP contribution in [0.15, 0.2) is 6.07 Å². The van der Waals surface area contributed by atoms with Crippen molar-refractivity contribution in [2.45, 2.75) is 64.4 Å². The zero-order chi connectivity index (χ0) is 18.7. The quantitative estimate of drug-likeness (QED) is 0.616. The second kappa shape index (κ2) is 5.71. The summed E-state index contributed by atoms with van der Waals surface area (Å²) in [5, 5.41) is 41.7. The lowest BCUT2D eigenvalue weighted by Crippen LogP contribution is -2.56. The number of carbonyl (C=O) groups is 1. The Morgan fingerprint density at radius 2 is 1.88 bits per heavy atom. The number of benzene rings is 1. The number of phenols is 2. The van der Waals surface area contributed by atoms with E-state index in [4.69, 9.17) is 0 Å². The lowest BCUT2D eigenvalue weighted by atomic mass is 9.49. The van der Waals surface area contributed by atoms with Gasteiger partial charge in [-0.25, -0.2) is 0 Å². The Labute approximate surface area is 148 Å². The highest BCUT2D eigenvalue weighted by Crippen LogP contribution is 2.60. The van der Waals surface area contributed by atoms with E-state index in [-0.39, 0.29) is 35.0 Å². The van der Waals surface area contributed by atoms with Crippen molar-refractivity contribution in [3.8, 4) is 11.5 Å². The second-order valence-corrected chi connectivity index (χ2v) is 8.71. The largest absolute Gasteiger partial charge is 0.508 e. The van der Waals surface area contributed by atoms with Crippen LogP contribution in [0.25, 0.3) is 0 Å². The average molecular weight is 348 g/mol. The van der Waals surface area contributed by atoms with Gasteiger partial charge in [0.1, 0.15) is 17.6 Å². The minimum absolute atomic E-state index is 0.0271. The number of rotatable bonds is 2. The highest BCUT2D eigenvalue weighted by molar-refractivity contribution is 6.06. The molecule has 0 aromatic heterocycles. The van der Waals surface area contributed by atoms with E-state index in [2.05, 4.69) is 13.8 Å². The summed E-state index contributed by atoms with van der Waals surface area (Å²) in [7, 11) is 0. The van der Waals surface area contributed by atoms with Crippen molar-refractivity contribution in [1.29, 1.82) is 0 Å². The first-order valence-corrected chi connectivity index (χ1v) is 8.98. The summed E-state index contributed by atoms with van der Waals surface area (Å²) in [6.07, 6.45) is 1.35. The summed E-state index contributed by atoms with van der Waals surface area (Å²) < 4.78 is 0. The van der Waals surface area contributed by atoms with E-state index in [1.165, 1.54) is 6.07 Å². The average Bonchev–Trinajstić information content (AvgIpc) is 2.52. The molecule has 1 aromatic carbocycles. The molecule has 25 heavy (non-hydrogen) atoms. The van der Waals surface area contributed by atoms with Crippen LogP contribution in [-0.2, 0) is 5.41 Å². The van der Waals surface area contributed by atoms with Crippen LogP contribution in [0.2, 0.25) is 0 Å². The summed E-state index contributed by atoms with van der Waals surface area (Å²) >= 11 is 0. The Kier molecular flexibility index (Phi) is 4.16. The molecule has 5 heteroatoms. The summed E-state index contributed by atoms with van der Waals surface area (Å²) in [5.41, 5.74) is -0.0334. The molecule has 138 valence electrons. The maximum atomic E-state index is 13.0. The number of phenolic OH excluding ortho intramolecular Hbond substituents is 2. The lowest BCUT2D eigenvalue weighted by Gasteiger charge is -2.55. The molecule has 1 fully saturated rings. The number of fused-ring (bicyclic) bond motifs is 3. The van der Waals surface area contributed by atoms with E-state index in [0.717, 1.165) is 19.3 Å². The predicted octanol–water partition coefficient (Wildman–Crippen LogP) is 2.83. The minimum Gasteiger partial charge on any atom is -0.508 e. The second-order valence-electron chi connectivity index (χ2n) is 8.71. The van der Waals surface area contributed by atoms with E-state index in [1.807, 2.05) is 6.92 Å². The van der Waals surface area contributed by atoms with Gasteiger partial charge in [-0.05, 0) is 24.3 Å². The van der Waals surface area contributed by atoms with Crippen molar-refractivity contribution in [2.75, 3.05) is 6.61 Å². The van der Waals surface area contributed by atoms with E-state index in [0.29, 0.717) is 11.1 Å². The molecule has 0 spiro atoms. The molecule has 0 amide bonds. The molecular formula is C20H28O5. The third kappa shape index (κ3) is 2.40. The number of aromatic hydroxyl groups is 2. The number of hydrogen-bond donors (Lipinski definition) is 4. The maximum Gasteiger partial charge on any atom is 0.195 e. The first-order chi connectivity index (χ1) is 11.6. The maximum absolute atomic E-state index is 13.0. The number of carbonyl (C=O) groups excluding carboxylic acids is 1. The van der Waals surface area contributed by atoms with Crippen LogP contribution in [0.1, 0.15) is 74.4 Å². The van der Waals surface area contributed by atoms with Gasteiger partial charge in [0, 0.05) is 35.0 Å². The number of ketones is 1.